The van der Waals surface area contributed by atoms with Gasteiger partial charge in [-0.25, -0.2) is 0 Å². The molecule has 0 aromatic heterocycles. The van der Waals surface area contributed by atoms with Gasteiger partial charge < -0.3 is 0 Å². The van der Waals surface area contributed by atoms with E-state index in [1.54, 1.807) is 0 Å². The normalized spacial score (nSPS) is 15.3. The van der Waals surface area contributed by atoms with Gasteiger partial charge in [-0.15, -0.1) is 0 Å². The molecule has 20 heavy (non-hydrogen) atoms. The van der Waals surface area contributed by atoms with Gasteiger partial charge in [0.05, 0.1) is 0 Å². The lowest BCUT2D eigenvalue weighted by Crippen LogP contribution is -1.92. The van der Waals surface area contributed by atoms with Gasteiger partial charge in [0.15, 0.2) is 0 Å². The fraction of sp³-hybridized carbons (Fsp3) is 0.250. The molecule has 0 amide bonds. The Morgan fingerprint density at radius 1 is 0.650 bits per heavy atom. The number of hydrogen-bond donors (Lipinski definition) is 0. The molecule has 0 nitrogen and oxygen atoms in total. The third-order valence-corrected chi connectivity index (χ3v) is 6.87. The van der Waals surface area contributed by atoms with Gasteiger partial charge in [0, 0.05) is 32.0 Å². The molecule has 4 aliphatic heterocycles. The molecule has 0 N–H and O–H groups in total. The summed E-state index contributed by atoms with van der Waals surface area (Å²) in [5.41, 5.74) is 5.55. The third-order valence-electron chi connectivity index (χ3n) is 3.29. The molecule has 4 bridgehead atoms. The monoisotopic (exact) mass is 428 g/mol. The molecule has 0 atom stereocenters. The predicted molar refractivity (Wildman–Crippen MR) is 98.3 cm³/mol. The average molecular weight is 430 g/mol. The van der Waals surface area contributed by atoms with Gasteiger partial charge in [-0.2, -0.15) is 23.5 Å². The van der Waals surface area contributed by atoms with Gasteiger partial charge in [0.2, 0.25) is 0 Å². The van der Waals surface area contributed by atoms with Crippen molar-refractivity contribution in [3.05, 3.63) is 67.6 Å². The van der Waals surface area contributed by atoms with Crippen LogP contribution in [0.1, 0.15) is 22.3 Å². The highest BCUT2D eigenvalue weighted by Gasteiger charge is 2.09. The Morgan fingerprint density at radius 3 is 1.45 bits per heavy atom. The molecule has 0 saturated heterocycles. The number of thioether (sulfide) groups is 2. The molecule has 4 heterocycles. The minimum atomic E-state index is 1.04. The van der Waals surface area contributed by atoms with Crippen LogP contribution in [0.4, 0.5) is 0 Å². The van der Waals surface area contributed by atoms with Crippen LogP contribution in [0.3, 0.4) is 0 Å². The van der Waals surface area contributed by atoms with Crippen LogP contribution in [0, 0.1) is 0 Å². The highest BCUT2D eigenvalue weighted by atomic mass is 79.9. The fourth-order valence-corrected chi connectivity index (χ4v) is 5.55. The zero-order valence-corrected chi connectivity index (χ0v) is 15.7. The molecule has 0 aliphatic carbocycles. The molecule has 104 valence electrons. The van der Waals surface area contributed by atoms with Crippen LogP contribution >= 0.6 is 55.4 Å². The van der Waals surface area contributed by atoms with Crippen LogP contribution in [-0.2, 0) is 23.0 Å². The second-order valence-electron chi connectivity index (χ2n) is 4.84. The molecule has 4 heteroatoms. The second kappa shape index (κ2) is 6.91. The standard InChI is InChI=1S/C16H14Br2S2/c17-15-6-14-10-20-8-12-2-1-11(3-4-12)7-19-9-13(15)5-16(14)18/h1-6H,7-10H2. The van der Waals surface area contributed by atoms with Crippen LogP contribution < -0.4 is 0 Å². The summed E-state index contributed by atoms with van der Waals surface area (Å²) in [7, 11) is 0. The van der Waals surface area contributed by atoms with Crippen molar-refractivity contribution >= 4 is 55.4 Å². The quantitative estimate of drug-likeness (QED) is 0.475. The predicted octanol–water partition coefficient (Wildman–Crippen LogP) is 6.39. The van der Waals surface area contributed by atoms with Crippen LogP contribution in [-0.4, -0.2) is 0 Å². The first-order valence-corrected chi connectivity index (χ1v) is 10.3. The summed E-state index contributed by atoms with van der Waals surface area (Å²) in [6, 6.07) is 13.6. The van der Waals surface area contributed by atoms with Crippen molar-refractivity contribution in [3.63, 3.8) is 0 Å². The molecule has 2 aromatic carbocycles. The maximum Gasteiger partial charge on any atom is 0.0219 e. The third kappa shape index (κ3) is 3.65. The number of halogens is 2. The van der Waals surface area contributed by atoms with E-state index in [1.165, 1.54) is 31.2 Å². The van der Waals surface area contributed by atoms with E-state index >= 15 is 0 Å². The lowest BCUT2D eigenvalue weighted by atomic mass is 10.2. The first-order valence-electron chi connectivity index (χ1n) is 6.42. The Bertz CT molecular complexity index is 554. The summed E-state index contributed by atoms with van der Waals surface area (Å²) in [5.74, 6) is 4.21. The molecular formula is C16H14Br2S2. The lowest BCUT2D eigenvalue weighted by Gasteiger charge is -2.12. The zero-order chi connectivity index (χ0) is 13.9. The van der Waals surface area contributed by atoms with E-state index in [-0.39, 0.29) is 0 Å². The van der Waals surface area contributed by atoms with Crippen LogP contribution in [0.15, 0.2) is 45.3 Å². The lowest BCUT2D eigenvalue weighted by molar-refractivity contribution is 1.27. The molecule has 2 aromatic rings. The molecule has 6 rings (SSSR count). The van der Waals surface area contributed by atoms with Gasteiger partial charge >= 0.3 is 0 Å². The minimum Gasteiger partial charge on any atom is -0.152 e. The minimum absolute atomic E-state index is 1.04. The summed E-state index contributed by atoms with van der Waals surface area (Å²) >= 11 is 11.4. The van der Waals surface area contributed by atoms with Gasteiger partial charge in [-0.3, -0.25) is 0 Å². The molecule has 0 radical (unpaired) electrons. The fourth-order valence-electron chi connectivity index (χ4n) is 2.14. The SMILES string of the molecule is Brc1cc2c(Br)cc1CSCc1ccc(cc1)CSC2. The number of hydrogen-bond acceptors (Lipinski definition) is 2. The van der Waals surface area contributed by atoms with Crippen molar-refractivity contribution in [2.45, 2.75) is 23.0 Å². The van der Waals surface area contributed by atoms with Crippen molar-refractivity contribution in [2.24, 2.45) is 0 Å². The molecule has 0 fully saturated rings. The molecule has 0 saturated carbocycles. The highest BCUT2D eigenvalue weighted by molar-refractivity contribution is 9.11. The molecular weight excluding hydrogens is 416 g/mol. The number of benzene rings is 2. The van der Waals surface area contributed by atoms with Crippen molar-refractivity contribution < 1.29 is 0 Å². The summed E-state index contributed by atoms with van der Waals surface area (Å²) in [6.45, 7) is 0. The van der Waals surface area contributed by atoms with Crippen LogP contribution in [0.5, 0.6) is 0 Å². The number of rotatable bonds is 0. The highest BCUT2D eigenvalue weighted by Crippen LogP contribution is 2.32. The van der Waals surface area contributed by atoms with Gasteiger partial charge in [0.25, 0.3) is 0 Å². The van der Waals surface area contributed by atoms with Gasteiger partial charge in [0.1, 0.15) is 0 Å². The second-order valence-corrected chi connectivity index (χ2v) is 8.52. The first-order chi connectivity index (χ1) is 9.72. The largest absolute Gasteiger partial charge is 0.152 e. The average Bonchev–Trinajstić information content (AvgIpc) is 2.45. The van der Waals surface area contributed by atoms with E-state index in [0.717, 1.165) is 23.0 Å². The maximum atomic E-state index is 3.71. The van der Waals surface area contributed by atoms with E-state index in [9.17, 15) is 0 Å². The smallest absolute Gasteiger partial charge is 0.0219 e. The summed E-state index contributed by atoms with van der Waals surface area (Å²) in [6.07, 6.45) is 0. The molecule has 0 unspecified atom stereocenters. The van der Waals surface area contributed by atoms with Gasteiger partial charge in [-0.05, 0) is 34.4 Å². The zero-order valence-electron chi connectivity index (χ0n) is 10.9. The maximum absolute atomic E-state index is 3.71. The van der Waals surface area contributed by atoms with E-state index in [2.05, 4.69) is 68.3 Å². The van der Waals surface area contributed by atoms with Crippen LogP contribution in [0.25, 0.3) is 0 Å². The van der Waals surface area contributed by atoms with Crippen molar-refractivity contribution in [1.29, 1.82) is 0 Å². The Balaban J connectivity index is 1.90. The summed E-state index contributed by atoms with van der Waals surface area (Å²) in [5, 5.41) is 0. The Hall–Kier alpha value is 0.1000. The Labute approximate surface area is 145 Å². The van der Waals surface area contributed by atoms with Gasteiger partial charge in [-0.1, -0.05) is 56.1 Å². The topological polar surface area (TPSA) is 0 Å². The first kappa shape index (κ1) is 15.0. The van der Waals surface area contributed by atoms with E-state index in [4.69, 9.17) is 0 Å². The van der Waals surface area contributed by atoms with E-state index in [0.29, 0.717) is 0 Å². The molecule has 0 spiro atoms. The molecule has 4 aliphatic rings. The summed E-state index contributed by atoms with van der Waals surface area (Å²) < 4.78 is 2.46. The van der Waals surface area contributed by atoms with Crippen molar-refractivity contribution in [3.8, 4) is 0 Å². The Morgan fingerprint density at radius 2 is 1.05 bits per heavy atom. The van der Waals surface area contributed by atoms with Crippen molar-refractivity contribution in [2.75, 3.05) is 0 Å². The van der Waals surface area contributed by atoms with E-state index in [1.807, 2.05) is 23.5 Å². The van der Waals surface area contributed by atoms with Crippen LogP contribution in [0.2, 0.25) is 0 Å². The summed E-state index contributed by atoms with van der Waals surface area (Å²) in [4.78, 5) is 0. The van der Waals surface area contributed by atoms with Crippen molar-refractivity contribution in [1.82, 2.24) is 0 Å². The van der Waals surface area contributed by atoms with E-state index < -0.39 is 0 Å². The Kier molecular flexibility index (Phi) is 5.18.